The smallest absolute Gasteiger partial charge is 0.261 e. The van der Waals surface area contributed by atoms with Gasteiger partial charge in [0.05, 0.1) is 5.57 Å². The van der Waals surface area contributed by atoms with Crippen LogP contribution in [0.3, 0.4) is 0 Å². The van der Waals surface area contributed by atoms with Crippen LogP contribution in [0.1, 0.15) is 45.3 Å². The standard InChI is InChI=1S/C16H27N5O/c1-5-13-9-21(7-6-10(13)2)15(18)14(8-11(3)17)16-19-12(4)20-22-16/h8,10,13H,5-7,9,17-18H2,1-4H3/b11-8-,15-14-. The molecule has 2 atom stereocenters. The van der Waals surface area contributed by atoms with Crippen LogP contribution in [0.4, 0.5) is 0 Å². The Morgan fingerprint density at radius 3 is 2.73 bits per heavy atom. The monoisotopic (exact) mass is 305 g/mol. The van der Waals surface area contributed by atoms with Gasteiger partial charge in [0.1, 0.15) is 5.82 Å². The number of nitrogens with two attached hydrogens (primary N) is 2. The Balaban J connectivity index is 2.35. The second-order valence-electron chi connectivity index (χ2n) is 6.21. The summed E-state index contributed by atoms with van der Waals surface area (Å²) in [6, 6.07) is 0. The van der Waals surface area contributed by atoms with Crippen molar-refractivity contribution in [2.24, 2.45) is 23.3 Å². The fourth-order valence-corrected chi connectivity index (χ4v) is 2.95. The number of hydrogen-bond acceptors (Lipinski definition) is 6. The lowest BCUT2D eigenvalue weighted by Gasteiger charge is -2.38. The number of likely N-dealkylation sites (tertiary alicyclic amines) is 1. The highest BCUT2D eigenvalue weighted by Gasteiger charge is 2.27. The van der Waals surface area contributed by atoms with Gasteiger partial charge in [-0.05, 0) is 38.2 Å². The molecule has 2 unspecified atom stereocenters. The maximum atomic E-state index is 6.42. The molecule has 1 aliphatic heterocycles. The van der Waals surface area contributed by atoms with Gasteiger partial charge in [0.25, 0.3) is 5.89 Å². The average Bonchev–Trinajstić information content (AvgIpc) is 2.90. The molecule has 0 spiro atoms. The van der Waals surface area contributed by atoms with Gasteiger partial charge in [-0.2, -0.15) is 4.98 Å². The molecule has 0 aromatic carbocycles. The number of aromatic nitrogens is 2. The molecule has 0 saturated carbocycles. The van der Waals surface area contributed by atoms with Gasteiger partial charge in [0, 0.05) is 18.8 Å². The molecule has 1 saturated heterocycles. The summed E-state index contributed by atoms with van der Waals surface area (Å²) in [5.41, 5.74) is 13.6. The van der Waals surface area contributed by atoms with Gasteiger partial charge < -0.3 is 20.9 Å². The van der Waals surface area contributed by atoms with E-state index in [0.29, 0.717) is 34.7 Å². The Morgan fingerprint density at radius 1 is 1.45 bits per heavy atom. The largest absolute Gasteiger partial charge is 0.402 e. The zero-order valence-corrected chi connectivity index (χ0v) is 14.0. The molecule has 1 aromatic rings. The number of hydrogen-bond donors (Lipinski definition) is 2. The van der Waals surface area contributed by atoms with Gasteiger partial charge in [-0.1, -0.05) is 25.4 Å². The van der Waals surface area contributed by atoms with Crippen molar-refractivity contribution in [3.05, 3.63) is 29.3 Å². The highest BCUT2D eigenvalue weighted by Crippen LogP contribution is 2.29. The number of aryl methyl sites for hydroxylation is 1. The van der Waals surface area contributed by atoms with Crippen LogP contribution in [0.5, 0.6) is 0 Å². The van der Waals surface area contributed by atoms with Crippen molar-refractivity contribution in [3.8, 4) is 0 Å². The predicted molar refractivity (Wildman–Crippen MR) is 87.2 cm³/mol. The lowest BCUT2D eigenvalue weighted by atomic mass is 9.85. The predicted octanol–water partition coefficient (Wildman–Crippen LogP) is 2.24. The van der Waals surface area contributed by atoms with Gasteiger partial charge in [0.15, 0.2) is 5.82 Å². The molecule has 1 aromatic heterocycles. The second kappa shape index (κ2) is 6.85. The molecule has 6 nitrogen and oxygen atoms in total. The van der Waals surface area contributed by atoms with E-state index in [-0.39, 0.29) is 0 Å². The Labute approximate surface area is 132 Å². The van der Waals surface area contributed by atoms with Crippen molar-refractivity contribution in [3.63, 3.8) is 0 Å². The quantitative estimate of drug-likeness (QED) is 0.828. The Kier molecular flexibility index (Phi) is 5.11. The summed E-state index contributed by atoms with van der Waals surface area (Å²) in [6.45, 7) is 10.1. The van der Waals surface area contributed by atoms with E-state index in [1.165, 1.54) is 0 Å². The Morgan fingerprint density at radius 2 is 2.18 bits per heavy atom. The third kappa shape index (κ3) is 3.61. The number of rotatable bonds is 4. The molecule has 0 bridgehead atoms. The van der Waals surface area contributed by atoms with E-state index >= 15 is 0 Å². The second-order valence-corrected chi connectivity index (χ2v) is 6.21. The van der Waals surface area contributed by atoms with Crippen LogP contribution in [0.2, 0.25) is 0 Å². The van der Waals surface area contributed by atoms with Crippen molar-refractivity contribution >= 4 is 5.57 Å². The molecule has 1 aliphatic rings. The SMILES string of the molecule is CCC1CN(/C(N)=C(/C=C(/C)N)c2nc(C)no2)CCC1C. The highest BCUT2D eigenvalue weighted by atomic mass is 16.5. The zero-order valence-electron chi connectivity index (χ0n) is 14.0. The molecule has 6 heteroatoms. The first-order chi connectivity index (χ1) is 10.4. The molecule has 2 heterocycles. The summed E-state index contributed by atoms with van der Waals surface area (Å²) >= 11 is 0. The number of nitrogens with zero attached hydrogens (tertiary/aromatic N) is 3. The van der Waals surface area contributed by atoms with E-state index < -0.39 is 0 Å². The molecule has 122 valence electrons. The van der Waals surface area contributed by atoms with Crippen molar-refractivity contribution in [1.29, 1.82) is 0 Å². The van der Waals surface area contributed by atoms with Gasteiger partial charge in [-0.25, -0.2) is 0 Å². The molecule has 4 N–H and O–H groups in total. The molecule has 0 radical (unpaired) electrons. The van der Waals surface area contributed by atoms with Crippen LogP contribution in [0, 0.1) is 18.8 Å². The maximum absolute atomic E-state index is 6.42. The van der Waals surface area contributed by atoms with Crippen molar-refractivity contribution in [2.45, 2.75) is 40.5 Å². The Bertz CT molecular complexity index is 571. The minimum Gasteiger partial charge on any atom is -0.402 e. The van der Waals surface area contributed by atoms with Gasteiger partial charge >= 0.3 is 0 Å². The minimum absolute atomic E-state index is 0.423. The normalized spacial score (nSPS) is 24.4. The lowest BCUT2D eigenvalue weighted by molar-refractivity contribution is 0.155. The highest BCUT2D eigenvalue weighted by molar-refractivity contribution is 5.71. The van der Waals surface area contributed by atoms with E-state index in [1.807, 2.05) is 6.92 Å². The number of allylic oxidation sites excluding steroid dienone is 3. The van der Waals surface area contributed by atoms with Crippen molar-refractivity contribution < 1.29 is 4.52 Å². The summed E-state index contributed by atoms with van der Waals surface area (Å²) in [4.78, 5) is 6.50. The summed E-state index contributed by atoms with van der Waals surface area (Å²) in [6.07, 6.45) is 4.10. The molecule has 22 heavy (non-hydrogen) atoms. The first-order valence-electron chi connectivity index (χ1n) is 7.91. The summed E-state index contributed by atoms with van der Waals surface area (Å²) < 4.78 is 5.29. The van der Waals surface area contributed by atoms with Crippen LogP contribution in [-0.4, -0.2) is 28.1 Å². The third-order valence-electron chi connectivity index (χ3n) is 4.38. The van der Waals surface area contributed by atoms with Crippen LogP contribution in [-0.2, 0) is 0 Å². The molecule has 1 fully saturated rings. The van der Waals surface area contributed by atoms with E-state index in [0.717, 1.165) is 31.8 Å². The van der Waals surface area contributed by atoms with Crippen molar-refractivity contribution in [2.75, 3.05) is 13.1 Å². The van der Waals surface area contributed by atoms with E-state index in [9.17, 15) is 0 Å². The van der Waals surface area contributed by atoms with E-state index in [1.54, 1.807) is 13.0 Å². The summed E-state index contributed by atoms with van der Waals surface area (Å²) in [5.74, 6) is 3.06. The van der Waals surface area contributed by atoms with Gasteiger partial charge in [-0.15, -0.1) is 0 Å². The fourth-order valence-electron chi connectivity index (χ4n) is 2.95. The first-order valence-corrected chi connectivity index (χ1v) is 7.91. The zero-order chi connectivity index (χ0) is 16.3. The molecular weight excluding hydrogens is 278 g/mol. The number of piperidine rings is 1. The first kappa shape index (κ1) is 16.4. The van der Waals surface area contributed by atoms with Crippen LogP contribution in [0.25, 0.3) is 5.57 Å². The maximum Gasteiger partial charge on any atom is 0.261 e. The Hall–Kier alpha value is -1.98. The van der Waals surface area contributed by atoms with Crippen LogP contribution in [0.15, 0.2) is 22.1 Å². The van der Waals surface area contributed by atoms with Crippen molar-refractivity contribution in [1.82, 2.24) is 15.0 Å². The van der Waals surface area contributed by atoms with Gasteiger partial charge in [0.2, 0.25) is 0 Å². The summed E-state index contributed by atoms with van der Waals surface area (Å²) in [5, 5.41) is 3.85. The summed E-state index contributed by atoms with van der Waals surface area (Å²) in [7, 11) is 0. The fraction of sp³-hybridized carbons (Fsp3) is 0.625. The molecule has 0 aliphatic carbocycles. The lowest BCUT2D eigenvalue weighted by Crippen LogP contribution is -2.41. The third-order valence-corrected chi connectivity index (χ3v) is 4.38. The van der Waals surface area contributed by atoms with Crippen LogP contribution >= 0.6 is 0 Å². The van der Waals surface area contributed by atoms with E-state index in [4.69, 9.17) is 16.0 Å². The molecule has 0 amide bonds. The molecule has 2 rings (SSSR count). The van der Waals surface area contributed by atoms with Gasteiger partial charge in [-0.3, -0.25) is 0 Å². The minimum atomic E-state index is 0.423. The molecular formula is C16H27N5O. The average molecular weight is 305 g/mol. The van der Waals surface area contributed by atoms with Crippen LogP contribution < -0.4 is 11.5 Å². The van der Waals surface area contributed by atoms with E-state index in [2.05, 4.69) is 28.9 Å². The topological polar surface area (TPSA) is 94.2 Å².